The lowest BCUT2D eigenvalue weighted by molar-refractivity contribution is 0.637. The smallest absolute Gasteiger partial charge is 0.0983 e. The monoisotopic (exact) mass is 261 g/mol. The Hall–Kier alpha value is -1.32. The molecule has 0 saturated carbocycles. The van der Waals surface area contributed by atoms with E-state index in [2.05, 4.69) is 34.6 Å². The first kappa shape index (κ1) is 11.8. The highest BCUT2D eigenvalue weighted by molar-refractivity contribution is 6.33. The number of fused-ring (bicyclic) bond motifs is 1. The van der Waals surface area contributed by atoms with Crippen molar-refractivity contribution in [2.75, 3.05) is 6.54 Å². The lowest BCUT2D eigenvalue weighted by atomic mass is 10.0. The summed E-state index contributed by atoms with van der Waals surface area (Å²) in [5.41, 5.74) is 5.76. The third-order valence-corrected chi connectivity index (χ3v) is 3.82. The quantitative estimate of drug-likeness (QED) is 0.873. The van der Waals surface area contributed by atoms with E-state index < -0.39 is 0 Å². The van der Waals surface area contributed by atoms with Crippen molar-refractivity contribution in [3.63, 3.8) is 0 Å². The minimum absolute atomic E-state index is 0.786. The molecule has 0 atom stereocenters. The van der Waals surface area contributed by atoms with Crippen LogP contribution < -0.4 is 5.32 Å². The van der Waals surface area contributed by atoms with Crippen molar-refractivity contribution in [1.29, 1.82) is 0 Å². The molecule has 2 aromatic rings. The van der Waals surface area contributed by atoms with Gasteiger partial charge in [-0.15, -0.1) is 0 Å². The molecule has 18 heavy (non-hydrogen) atoms. The Morgan fingerprint density at radius 1 is 1.39 bits per heavy atom. The summed E-state index contributed by atoms with van der Waals surface area (Å²) in [6.45, 7) is 4.01. The fourth-order valence-electron chi connectivity index (χ4n) is 2.42. The molecule has 0 radical (unpaired) electrons. The molecule has 0 saturated heterocycles. The second kappa shape index (κ2) is 4.75. The molecular formula is C14H16ClN3. The highest BCUT2D eigenvalue weighted by atomic mass is 35.5. The van der Waals surface area contributed by atoms with Crippen LogP contribution in [0.1, 0.15) is 23.7 Å². The molecule has 94 valence electrons. The molecule has 1 aromatic carbocycles. The number of aryl methyl sites for hydroxylation is 1. The van der Waals surface area contributed by atoms with Crippen molar-refractivity contribution in [3.05, 3.63) is 40.0 Å². The summed E-state index contributed by atoms with van der Waals surface area (Å²) < 4.78 is 0. The lowest BCUT2D eigenvalue weighted by Crippen LogP contribution is -2.23. The maximum absolute atomic E-state index is 6.37. The molecule has 0 spiro atoms. The zero-order valence-electron chi connectivity index (χ0n) is 10.4. The molecule has 3 rings (SSSR count). The van der Waals surface area contributed by atoms with Crippen molar-refractivity contribution >= 4 is 11.6 Å². The van der Waals surface area contributed by atoms with Crippen molar-refractivity contribution < 1.29 is 0 Å². The summed E-state index contributed by atoms with van der Waals surface area (Å²) in [5.74, 6) is 0. The number of H-pyrrole nitrogens is 1. The van der Waals surface area contributed by atoms with E-state index in [1.165, 1.54) is 16.8 Å². The topological polar surface area (TPSA) is 40.7 Å². The van der Waals surface area contributed by atoms with E-state index in [1.807, 2.05) is 6.07 Å². The molecule has 0 unspecified atom stereocenters. The zero-order chi connectivity index (χ0) is 12.5. The van der Waals surface area contributed by atoms with Gasteiger partial charge in [-0.05, 0) is 18.1 Å². The van der Waals surface area contributed by atoms with Crippen molar-refractivity contribution in [3.8, 4) is 11.3 Å². The van der Waals surface area contributed by atoms with Gasteiger partial charge in [0.2, 0.25) is 0 Å². The lowest BCUT2D eigenvalue weighted by Gasteiger charge is -2.13. The second-order valence-corrected chi connectivity index (χ2v) is 5.03. The number of hydrogen-bond donors (Lipinski definition) is 2. The molecule has 3 nitrogen and oxygen atoms in total. The van der Waals surface area contributed by atoms with Gasteiger partial charge < -0.3 is 5.32 Å². The number of aromatic amines is 1. The Morgan fingerprint density at radius 3 is 3.06 bits per heavy atom. The first-order valence-corrected chi connectivity index (χ1v) is 6.73. The van der Waals surface area contributed by atoms with E-state index in [0.29, 0.717) is 0 Å². The van der Waals surface area contributed by atoms with Crippen molar-refractivity contribution in [1.82, 2.24) is 15.5 Å². The Bertz CT molecular complexity index is 574. The normalized spacial score (nSPS) is 14.6. The Morgan fingerprint density at radius 2 is 2.28 bits per heavy atom. The van der Waals surface area contributed by atoms with Crippen LogP contribution in [-0.4, -0.2) is 16.7 Å². The van der Waals surface area contributed by atoms with Gasteiger partial charge in [0.05, 0.1) is 10.7 Å². The van der Waals surface area contributed by atoms with E-state index in [-0.39, 0.29) is 0 Å². The summed E-state index contributed by atoms with van der Waals surface area (Å²) in [6, 6.07) is 6.24. The fourth-order valence-corrected chi connectivity index (χ4v) is 2.71. The van der Waals surface area contributed by atoms with Crippen LogP contribution in [0, 0.1) is 0 Å². The van der Waals surface area contributed by atoms with Crippen LogP contribution >= 0.6 is 11.6 Å². The second-order valence-electron chi connectivity index (χ2n) is 4.62. The first-order chi connectivity index (χ1) is 8.79. The van der Waals surface area contributed by atoms with Crippen LogP contribution in [0.3, 0.4) is 0 Å². The Balaban J connectivity index is 2.07. The number of rotatable bonds is 2. The van der Waals surface area contributed by atoms with Gasteiger partial charge >= 0.3 is 0 Å². The Labute approximate surface area is 112 Å². The minimum atomic E-state index is 0.786. The number of nitrogens with one attached hydrogen (secondary N) is 2. The average Bonchev–Trinajstić information content (AvgIpc) is 2.82. The molecule has 0 fully saturated rings. The zero-order valence-corrected chi connectivity index (χ0v) is 11.1. The van der Waals surface area contributed by atoms with Crippen LogP contribution in [0.5, 0.6) is 0 Å². The predicted octanol–water partition coefficient (Wildman–Crippen LogP) is 2.94. The minimum Gasteiger partial charge on any atom is -0.312 e. The molecule has 1 aromatic heterocycles. The van der Waals surface area contributed by atoms with Crippen LogP contribution in [-0.2, 0) is 19.4 Å². The molecule has 0 bridgehead atoms. The highest BCUT2D eigenvalue weighted by Gasteiger charge is 2.19. The molecular weight excluding hydrogens is 246 g/mol. The van der Waals surface area contributed by atoms with Crippen molar-refractivity contribution in [2.45, 2.75) is 26.3 Å². The fraction of sp³-hybridized carbons (Fsp3) is 0.357. The summed E-state index contributed by atoms with van der Waals surface area (Å²) in [4.78, 5) is 0. The van der Waals surface area contributed by atoms with E-state index in [4.69, 9.17) is 11.6 Å². The van der Waals surface area contributed by atoms with Crippen LogP contribution in [0.25, 0.3) is 11.3 Å². The van der Waals surface area contributed by atoms with Gasteiger partial charge in [-0.25, -0.2) is 0 Å². The molecule has 0 amide bonds. The molecule has 0 aliphatic carbocycles. The van der Waals surface area contributed by atoms with Gasteiger partial charge in [0.1, 0.15) is 0 Å². The van der Waals surface area contributed by atoms with E-state index >= 15 is 0 Å². The maximum Gasteiger partial charge on any atom is 0.0983 e. The van der Waals surface area contributed by atoms with Gasteiger partial charge in [-0.2, -0.15) is 5.10 Å². The molecule has 2 N–H and O–H groups in total. The van der Waals surface area contributed by atoms with Crippen molar-refractivity contribution in [2.24, 2.45) is 0 Å². The summed E-state index contributed by atoms with van der Waals surface area (Å²) in [7, 11) is 0. The summed E-state index contributed by atoms with van der Waals surface area (Å²) in [5, 5.41) is 11.7. The SMILES string of the molecule is CCc1ccc(-c2n[nH]c3c2CNCC3)c(Cl)c1. The van der Waals surface area contributed by atoms with Gasteiger partial charge in [0.25, 0.3) is 0 Å². The third kappa shape index (κ3) is 1.93. The average molecular weight is 262 g/mol. The standard InChI is InChI=1S/C14H16ClN3/c1-2-9-3-4-10(12(15)7-9)14-11-8-16-6-5-13(11)17-18-14/h3-4,7,16H,2,5-6,8H2,1H3,(H,17,18). The van der Waals surface area contributed by atoms with Crippen LogP contribution in [0.15, 0.2) is 18.2 Å². The summed E-state index contributed by atoms with van der Waals surface area (Å²) >= 11 is 6.37. The predicted molar refractivity (Wildman–Crippen MR) is 73.8 cm³/mol. The van der Waals surface area contributed by atoms with Gasteiger partial charge in [0, 0.05) is 36.3 Å². The van der Waals surface area contributed by atoms with Gasteiger partial charge in [-0.1, -0.05) is 30.7 Å². The van der Waals surface area contributed by atoms with E-state index in [1.54, 1.807) is 0 Å². The van der Waals surface area contributed by atoms with Crippen LogP contribution in [0.2, 0.25) is 5.02 Å². The molecule has 2 heterocycles. The number of nitrogens with zero attached hydrogens (tertiary/aromatic N) is 1. The van der Waals surface area contributed by atoms with Crippen LogP contribution in [0.4, 0.5) is 0 Å². The first-order valence-electron chi connectivity index (χ1n) is 6.35. The molecule has 1 aliphatic heterocycles. The molecule has 4 heteroatoms. The van der Waals surface area contributed by atoms with E-state index in [0.717, 1.165) is 42.2 Å². The Kier molecular flexibility index (Phi) is 3.10. The van der Waals surface area contributed by atoms with Gasteiger partial charge in [0.15, 0.2) is 0 Å². The largest absolute Gasteiger partial charge is 0.312 e. The number of benzene rings is 1. The maximum atomic E-state index is 6.37. The number of halogens is 1. The highest BCUT2D eigenvalue weighted by Crippen LogP contribution is 2.32. The summed E-state index contributed by atoms with van der Waals surface area (Å²) in [6.07, 6.45) is 2.01. The number of hydrogen-bond acceptors (Lipinski definition) is 2. The molecule has 1 aliphatic rings. The third-order valence-electron chi connectivity index (χ3n) is 3.50. The van der Waals surface area contributed by atoms with E-state index in [9.17, 15) is 0 Å². The van der Waals surface area contributed by atoms with Gasteiger partial charge in [-0.3, -0.25) is 5.10 Å². The number of aromatic nitrogens is 2.